The predicted molar refractivity (Wildman–Crippen MR) is 145 cm³/mol. The van der Waals surface area contributed by atoms with Crippen molar-refractivity contribution >= 4 is 16.9 Å². The van der Waals surface area contributed by atoms with Gasteiger partial charge >= 0.3 is 5.97 Å². The standard InChI is InChI=1S/C31H35NO5/c1-3-8-27-18-26-16-23(17-28(31(26)37-27)24-11-6-9-22(15-24)20-32)21-36-29-12-5-4-10-25(29)19-30(33)35-14-7-13-34-2/h4-6,9-12,15-18H,3,7-8,13-14,19-21,32H2,1-2H3. The first-order chi connectivity index (χ1) is 18.1. The van der Waals surface area contributed by atoms with Crippen LogP contribution < -0.4 is 10.5 Å². The highest BCUT2D eigenvalue weighted by Gasteiger charge is 2.15. The molecule has 37 heavy (non-hydrogen) atoms. The summed E-state index contributed by atoms with van der Waals surface area (Å²) in [7, 11) is 1.63. The molecule has 4 aromatic rings. The number of furan rings is 1. The van der Waals surface area contributed by atoms with Crippen LogP contribution in [0, 0.1) is 0 Å². The molecule has 6 nitrogen and oxygen atoms in total. The van der Waals surface area contributed by atoms with E-state index in [2.05, 4.69) is 37.3 Å². The molecule has 1 aromatic heterocycles. The van der Waals surface area contributed by atoms with E-state index in [0.29, 0.717) is 38.5 Å². The fraction of sp³-hybridized carbons (Fsp3) is 0.323. The number of para-hydroxylation sites is 1. The van der Waals surface area contributed by atoms with Crippen LogP contribution >= 0.6 is 0 Å². The predicted octanol–water partition coefficient (Wildman–Crippen LogP) is 6.21. The summed E-state index contributed by atoms with van der Waals surface area (Å²) in [5.41, 5.74) is 11.7. The van der Waals surface area contributed by atoms with Crippen LogP contribution in [0.3, 0.4) is 0 Å². The average Bonchev–Trinajstić information content (AvgIpc) is 3.33. The lowest BCUT2D eigenvalue weighted by Crippen LogP contribution is -2.11. The number of hydrogen-bond acceptors (Lipinski definition) is 6. The number of hydrogen-bond donors (Lipinski definition) is 1. The molecule has 0 fully saturated rings. The molecule has 0 aliphatic heterocycles. The van der Waals surface area contributed by atoms with Crippen LogP contribution in [0.15, 0.2) is 71.1 Å². The van der Waals surface area contributed by atoms with Gasteiger partial charge in [0.15, 0.2) is 0 Å². The van der Waals surface area contributed by atoms with Crippen molar-refractivity contribution in [2.24, 2.45) is 5.73 Å². The lowest BCUT2D eigenvalue weighted by molar-refractivity contribution is -0.143. The lowest BCUT2D eigenvalue weighted by atomic mass is 9.99. The summed E-state index contributed by atoms with van der Waals surface area (Å²) in [4.78, 5) is 12.3. The van der Waals surface area contributed by atoms with E-state index < -0.39 is 0 Å². The van der Waals surface area contributed by atoms with E-state index in [0.717, 1.165) is 57.4 Å². The monoisotopic (exact) mass is 501 g/mol. The van der Waals surface area contributed by atoms with Gasteiger partial charge in [-0.15, -0.1) is 0 Å². The lowest BCUT2D eigenvalue weighted by Gasteiger charge is -2.13. The molecule has 0 atom stereocenters. The Morgan fingerprint density at radius 3 is 2.65 bits per heavy atom. The highest BCUT2D eigenvalue weighted by molar-refractivity contribution is 5.93. The van der Waals surface area contributed by atoms with Crippen LogP contribution in [0.25, 0.3) is 22.1 Å². The molecule has 6 heteroatoms. The topological polar surface area (TPSA) is 83.9 Å². The number of benzene rings is 3. The number of ether oxygens (including phenoxy) is 3. The smallest absolute Gasteiger partial charge is 0.310 e. The summed E-state index contributed by atoms with van der Waals surface area (Å²) in [6.45, 7) is 3.88. The van der Waals surface area contributed by atoms with Crippen molar-refractivity contribution in [2.45, 2.75) is 45.8 Å². The Bertz CT molecular complexity index is 1330. The molecule has 1 heterocycles. The zero-order chi connectivity index (χ0) is 26.0. The molecule has 4 rings (SSSR count). The minimum atomic E-state index is -0.280. The van der Waals surface area contributed by atoms with Gasteiger partial charge in [-0.05, 0) is 53.4 Å². The molecule has 0 saturated carbocycles. The van der Waals surface area contributed by atoms with Gasteiger partial charge in [0.05, 0.1) is 13.0 Å². The Labute approximate surface area is 218 Å². The number of methoxy groups -OCH3 is 1. The van der Waals surface area contributed by atoms with Gasteiger partial charge in [-0.1, -0.05) is 43.3 Å². The van der Waals surface area contributed by atoms with Crippen molar-refractivity contribution in [2.75, 3.05) is 20.3 Å². The third-order valence-corrected chi connectivity index (χ3v) is 6.15. The van der Waals surface area contributed by atoms with E-state index in [1.54, 1.807) is 7.11 Å². The van der Waals surface area contributed by atoms with Crippen LogP contribution in [0.2, 0.25) is 0 Å². The maximum absolute atomic E-state index is 12.3. The van der Waals surface area contributed by atoms with Crippen LogP contribution in [0.4, 0.5) is 0 Å². The number of aryl methyl sites for hydroxylation is 1. The van der Waals surface area contributed by atoms with Gasteiger partial charge in [0, 0.05) is 49.6 Å². The largest absolute Gasteiger partial charge is 0.489 e. The molecular weight excluding hydrogens is 466 g/mol. The summed E-state index contributed by atoms with van der Waals surface area (Å²) in [6, 6.07) is 22.2. The van der Waals surface area contributed by atoms with E-state index in [1.165, 1.54) is 0 Å². The molecule has 194 valence electrons. The summed E-state index contributed by atoms with van der Waals surface area (Å²) in [5, 5.41) is 1.05. The van der Waals surface area contributed by atoms with Crippen molar-refractivity contribution in [1.82, 2.24) is 0 Å². The van der Waals surface area contributed by atoms with E-state index >= 15 is 0 Å². The van der Waals surface area contributed by atoms with Gasteiger partial charge < -0.3 is 24.4 Å². The molecule has 0 aliphatic rings. The third kappa shape index (κ3) is 7.00. The number of carbonyl (C=O) groups is 1. The molecule has 0 radical (unpaired) electrons. The number of fused-ring (bicyclic) bond motifs is 1. The fourth-order valence-corrected chi connectivity index (χ4v) is 4.35. The number of nitrogens with two attached hydrogens (primary N) is 1. The Morgan fingerprint density at radius 1 is 0.973 bits per heavy atom. The van der Waals surface area contributed by atoms with E-state index in [4.69, 9.17) is 24.4 Å². The van der Waals surface area contributed by atoms with Crippen LogP contribution in [-0.4, -0.2) is 26.3 Å². The summed E-state index contributed by atoms with van der Waals surface area (Å²) >= 11 is 0. The first-order valence-electron chi connectivity index (χ1n) is 12.8. The SMILES string of the molecule is CCCc1cc2cc(COc3ccccc3CC(=O)OCCCOC)cc(-c3cccc(CN)c3)c2o1. The molecule has 2 N–H and O–H groups in total. The average molecular weight is 502 g/mol. The van der Waals surface area contributed by atoms with Gasteiger partial charge in [0.1, 0.15) is 23.7 Å². The van der Waals surface area contributed by atoms with Crippen LogP contribution in [-0.2, 0) is 40.3 Å². The van der Waals surface area contributed by atoms with Gasteiger partial charge in [-0.3, -0.25) is 4.79 Å². The van der Waals surface area contributed by atoms with E-state index in [-0.39, 0.29) is 12.4 Å². The van der Waals surface area contributed by atoms with Crippen LogP contribution in [0.5, 0.6) is 5.75 Å². The van der Waals surface area contributed by atoms with E-state index in [1.807, 2.05) is 36.4 Å². The Kier molecular flexibility index (Phi) is 9.35. The first kappa shape index (κ1) is 26.5. The Balaban J connectivity index is 1.57. The van der Waals surface area contributed by atoms with Gasteiger partial charge in [0.25, 0.3) is 0 Å². The number of carbonyl (C=O) groups excluding carboxylic acids is 1. The highest BCUT2D eigenvalue weighted by atomic mass is 16.5. The highest BCUT2D eigenvalue weighted by Crippen LogP contribution is 2.34. The van der Waals surface area contributed by atoms with E-state index in [9.17, 15) is 4.79 Å². The van der Waals surface area contributed by atoms with Gasteiger partial charge in [-0.25, -0.2) is 0 Å². The summed E-state index contributed by atoms with van der Waals surface area (Å²) in [6.07, 6.45) is 2.73. The second kappa shape index (κ2) is 13.1. The van der Waals surface area contributed by atoms with Crippen LogP contribution in [0.1, 0.15) is 42.2 Å². The second-order valence-corrected chi connectivity index (χ2v) is 9.07. The number of esters is 1. The first-order valence-corrected chi connectivity index (χ1v) is 12.8. The molecule has 0 bridgehead atoms. The zero-order valence-electron chi connectivity index (χ0n) is 21.6. The van der Waals surface area contributed by atoms with Crippen molar-refractivity contribution in [3.05, 3.63) is 89.2 Å². The number of rotatable bonds is 13. The molecule has 0 amide bonds. The van der Waals surface area contributed by atoms with Crippen molar-refractivity contribution in [1.29, 1.82) is 0 Å². The molecule has 3 aromatic carbocycles. The second-order valence-electron chi connectivity index (χ2n) is 9.07. The molecule has 0 saturated heterocycles. The zero-order valence-corrected chi connectivity index (χ0v) is 21.6. The summed E-state index contributed by atoms with van der Waals surface area (Å²) in [5.74, 6) is 1.36. The fourth-order valence-electron chi connectivity index (χ4n) is 4.35. The quantitative estimate of drug-likeness (QED) is 0.173. The minimum absolute atomic E-state index is 0.154. The minimum Gasteiger partial charge on any atom is -0.489 e. The van der Waals surface area contributed by atoms with Crippen molar-refractivity contribution < 1.29 is 23.4 Å². The Morgan fingerprint density at radius 2 is 1.84 bits per heavy atom. The molecular formula is C31H35NO5. The maximum Gasteiger partial charge on any atom is 0.310 e. The molecule has 0 spiro atoms. The van der Waals surface area contributed by atoms with Crippen molar-refractivity contribution in [3.8, 4) is 16.9 Å². The summed E-state index contributed by atoms with van der Waals surface area (Å²) < 4.78 is 22.8. The maximum atomic E-state index is 12.3. The van der Waals surface area contributed by atoms with Gasteiger partial charge in [0.2, 0.25) is 0 Å². The third-order valence-electron chi connectivity index (χ3n) is 6.15. The molecule has 0 aliphatic carbocycles. The Hall–Kier alpha value is -3.61. The normalized spacial score (nSPS) is 11.1. The van der Waals surface area contributed by atoms with Crippen molar-refractivity contribution in [3.63, 3.8) is 0 Å². The van der Waals surface area contributed by atoms with Gasteiger partial charge in [-0.2, -0.15) is 0 Å². The molecule has 0 unspecified atom stereocenters.